The third-order valence-electron chi connectivity index (χ3n) is 1.22. The molecule has 7 heteroatoms. The lowest BCUT2D eigenvalue weighted by molar-refractivity contribution is 0.254. The summed E-state index contributed by atoms with van der Waals surface area (Å²) in [7, 11) is 1.54. The minimum Gasteiger partial charge on any atom is -0.341 e. The monoisotopic (exact) mass is 220 g/mol. The minimum absolute atomic E-state index is 0.298. The van der Waals surface area contributed by atoms with Gasteiger partial charge in [-0.1, -0.05) is 11.3 Å². The number of nitrogens with zero attached hydrogens (tertiary/aromatic N) is 2. The summed E-state index contributed by atoms with van der Waals surface area (Å²) >= 11 is 6.84. The van der Waals surface area contributed by atoms with Crippen LogP contribution in [-0.4, -0.2) is 29.2 Å². The Balaban J connectivity index is 2.53. The van der Waals surface area contributed by atoms with Crippen LogP contribution in [-0.2, 0) is 6.42 Å². The second-order valence-electron chi connectivity index (χ2n) is 2.14. The summed E-state index contributed by atoms with van der Waals surface area (Å²) in [5.41, 5.74) is 0. The van der Waals surface area contributed by atoms with Crippen molar-refractivity contribution in [3.63, 3.8) is 0 Å². The molecule has 0 radical (unpaired) electrons. The maximum absolute atomic E-state index is 10.8. The molecule has 13 heavy (non-hydrogen) atoms. The number of urea groups is 1. The number of halogens is 1. The number of carbonyl (C=O) groups is 1. The SMILES string of the molecule is CNC(=O)Nc1nnc(CCCl)s1. The Hall–Kier alpha value is -0.880. The summed E-state index contributed by atoms with van der Waals surface area (Å²) in [6.07, 6.45) is 0.675. The van der Waals surface area contributed by atoms with E-state index in [0.717, 1.165) is 5.01 Å². The number of amides is 2. The van der Waals surface area contributed by atoms with Crippen LogP contribution in [0.1, 0.15) is 5.01 Å². The molecule has 1 aromatic rings. The molecule has 0 aromatic carbocycles. The Morgan fingerprint density at radius 2 is 2.38 bits per heavy atom. The van der Waals surface area contributed by atoms with Gasteiger partial charge in [0, 0.05) is 19.3 Å². The molecule has 0 aliphatic carbocycles. The average Bonchev–Trinajstić information content (AvgIpc) is 2.53. The molecule has 0 saturated heterocycles. The lowest BCUT2D eigenvalue weighted by Gasteiger charge is -1.96. The molecule has 0 bridgehead atoms. The van der Waals surface area contributed by atoms with Gasteiger partial charge in [-0.05, 0) is 0 Å². The van der Waals surface area contributed by atoms with Gasteiger partial charge in [0.2, 0.25) is 5.13 Å². The Kier molecular flexibility index (Phi) is 3.91. The van der Waals surface area contributed by atoms with E-state index in [4.69, 9.17) is 11.6 Å². The largest absolute Gasteiger partial charge is 0.341 e. The van der Waals surface area contributed by atoms with E-state index < -0.39 is 0 Å². The quantitative estimate of drug-likeness (QED) is 0.749. The molecule has 2 N–H and O–H groups in total. The van der Waals surface area contributed by atoms with Gasteiger partial charge in [-0.3, -0.25) is 5.32 Å². The Morgan fingerprint density at radius 3 is 3.00 bits per heavy atom. The van der Waals surface area contributed by atoms with Crippen LogP contribution >= 0.6 is 22.9 Å². The molecule has 0 unspecified atom stereocenters. The number of alkyl halides is 1. The minimum atomic E-state index is -0.298. The first-order valence-corrected chi connectivity index (χ1v) is 4.98. The van der Waals surface area contributed by atoms with Gasteiger partial charge in [-0.15, -0.1) is 21.8 Å². The molecule has 0 spiro atoms. The number of rotatable bonds is 3. The fourth-order valence-electron chi connectivity index (χ4n) is 0.646. The third kappa shape index (κ3) is 3.16. The maximum atomic E-state index is 10.8. The molecule has 0 saturated carbocycles. The van der Waals surface area contributed by atoms with Gasteiger partial charge in [0.15, 0.2) is 0 Å². The van der Waals surface area contributed by atoms with E-state index in [1.165, 1.54) is 18.4 Å². The van der Waals surface area contributed by atoms with Crippen LogP contribution in [0.15, 0.2) is 0 Å². The predicted molar refractivity (Wildman–Crippen MR) is 52.4 cm³/mol. The molecule has 0 fully saturated rings. The first kappa shape index (κ1) is 10.2. The second kappa shape index (κ2) is 4.98. The highest BCUT2D eigenvalue weighted by Gasteiger charge is 2.05. The fourth-order valence-corrected chi connectivity index (χ4v) is 1.67. The van der Waals surface area contributed by atoms with Gasteiger partial charge < -0.3 is 5.32 Å². The highest BCUT2D eigenvalue weighted by atomic mass is 35.5. The molecule has 1 aromatic heterocycles. The smallest absolute Gasteiger partial charge is 0.320 e. The van der Waals surface area contributed by atoms with Gasteiger partial charge in [0.05, 0.1) is 0 Å². The van der Waals surface area contributed by atoms with E-state index in [2.05, 4.69) is 20.8 Å². The molecular formula is C6H9ClN4OS. The standard InChI is InChI=1S/C6H9ClN4OS/c1-8-5(12)9-6-11-10-4(13-6)2-3-7/h2-3H2,1H3,(H2,8,9,11,12). The lowest BCUT2D eigenvalue weighted by atomic mass is 10.5. The van der Waals surface area contributed by atoms with Crippen molar-refractivity contribution in [2.24, 2.45) is 0 Å². The topological polar surface area (TPSA) is 66.9 Å². The van der Waals surface area contributed by atoms with Crippen molar-refractivity contribution < 1.29 is 4.79 Å². The molecule has 72 valence electrons. The number of nitrogens with one attached hydrogen (secondary N) is 2. The van der Waals surface area contributed by atoms with E-state index >= 15 is 0 Å². The summed E-state index contributed by atoms with van der Waals surface area (Å²) < 4.78 is 0. The van der Waals surface area contributed by atoms with Crippen molar-refractivity contribution >= 4 is 34.1 Å². The highest BCUT2D eigenvalue weighted by molar-refractivity contribution is 7.15. The van der Waals surface area contributed by atoms with Gasteiger partial charge >= 0.3 is 6.03 Å². The molecule has 0 atom stereocenters. The zero-order valence-electron chi connectivity index (χ0n) is 7.00. The third-order valence-corrected chi connectivity index (χ3v) is 2.31. The zero-order valence-corrected chi connectivity index (χ0v) is 8.58. The number of aryl methyl sites for hydroxylation is 1. The van der Waals surface area contributed by atoms with Crippen molar-refractivity contribution in [3.05, 3.63) is 5.01 Å². The van der Waals surface area contributed by atoms with Crippen LogP contribution in [0, 0.1) is 0 Å². The van der Waals surface area contributed by atoms with E-state index in [9.17, 15) is 4.79 Å². The van der Waals surface area contributed by atoms with Crippen LogP contribution in [0.25, 0.3) is 0 Å². The lowest BCUT2D eigenvalue weighted by Crippen LogP contribution is -2.24. The molecule has 5 nitrogen and oxygen atoms in total. The molecule has 0 aliphatic heterocycles. The van der Waals surface area contributed by atoms with Crippen molar-refractivity contribution in [1.82, 2.24) is 15.5 Å². The predicted octanol–water partition coefficient (Wildman–Crippen LogP) is 1.07. The molecule has 2 amide bonds. The second-order valence-corrected chi connectivity index (χ2v) is 3.58. The molecule has 1 heterocycles. The van der Waals surface area contributed by atoms with E-state index in [1.807, 2.05) is 0 Å². The van der Waals surface area contributed by atoms with Crippen LogP contribution < -0.4 is 10.6 Å². The first-order chi connectivity index (χ1) is 6.26. The van der Waals surface area contributed by atoms with Crippen molar-refractivity contribution in [1.29, 1.82) is 0 Å². The van der Waals surface area contributed by atoms with Crippen LogP contribution in [0.2, 0.25) is 0 Å². The number of anilines is 1. The number of hydrogen-bond donors (Lipinski definition) is 2. The zero-order chi connectivity index (χ0) is 9.68. The number of carbonyl (C=O) groups excluding carboxylic acids is 1. The van der Waals surface area contributed by atoms with Crippen LogP contribution in [0.5, 0.6) is 0 Å². The van der Waals surface area contributed by atoms with E-state index in [1.54, 1.807) is 0 Å². The van der Waals surface area contributed by atoms with Gasteiger partial charge in [0.25, 0.3) is 0 Å². The van der Waals surface area contributed by atoms with Gasteiger partial charge in [0.1, 0.15) is 5.01 Å². The van der Waals surface area contributed by atoms with Crippen molar-refractivity contribution in [2.75, 3.05) is 18.2 Å². The van der Waals surface area contributed by atoms with Crippen LogP contribution in [0.4, 0.5) is 9.93 Å². The Morgan fingerprint density at radius 1 is 1.62 bits per heavy atom. The molecule has 1 rings (SSSR count). The Bertz CT molecular complexity index is 290. The van der Waals surface area contributed by atoms with Crippen LogP contribution in [0.3, 0.4) is 0 Å². The number of aromatic nitrogens is 2. The fraction of sp³-hybridized carbons (Fsp3) is 0.500. The summed E-state index contributed by atoms with van der Waals surface area (Å²) in [6, 6.07) is -0.298. The maximum Gasteiger partial charge on any atom is 0.320 e. The van der Waals surface area contributed by atoms with E-state index in [0.29, 0.717) is 17.4 Å². The summed E-state index contributed by atoms with van der Waals surface area (Å²) in [6.45, 7) is 0. The summed E-state index contributed by atoms with van der Waals surface area (Å²) in [4.78, 5) is 10.8. The molecular weight excluding hydrogens is 212 g/mol. The van der Waals surface area contributed by atoms with E-state index in [-0.39, 0.29) is 6.03 Å². The Labute approximate surface area is 84.5 Å². The normalized spacial score (nSPS) is 9.69. The van der Waals surface area contributed by atoms with Gasteiger partial charge in [-0.2, -0.15) is 0 Å². The van der Waals surface area contributed by atoms with Gasteiger partial charge in [-0.25, -0.2) is 4.79 Å². The average molecular weight is 221 g/mol. The summed E-state index contributed by atoms with van der Waals surface area (Å²) in [5, 5.41) is 13.8. The molecule has 0 aliphatic rings. The number of hydrogen-bond acceptors (Lipinski definition) is 4. The summed E-state index contributed by atoms with van der Waals surface area (Å²) in [5.74, 6) is 0.509. The van der Waals surface area contributed by atoms with Crippen molar-refractivity contribution in [2.45, 2.75) is 6.42 Å². The first-order valence-electron chi connectivity index (χ1n) is 3.63. The van der Waals surface area contributed by atoms with Crippen molar-refractivity contribution in [3.8, 4) is 0 Å². The highest BCUT2D eigenvalue weighted by Crippen LogP contribution is 2.15.